The van der Waals surface area contributed by atoms with Crippen LogP contribution in [0.4, 0.5) is 10.5 Å². The fraction of sp³-hybridized carbons (Fsp3) is 0.333. The number of carbonyl (C=O) groups excluding carboxylic acids is 2. The number of nitrogens with one attached hydrogen (secondary N) is 2. The minimum absolute atomic E-state index is 0.00807. The Balaban J connectivity index is 1.62. The third-order valence-electron chi connectivity index (χ3n) is 4.61. The van der Waals surface area contributed by atoms with Gasteiger partial charge in [-0.05, 0) is 43.9 Å². The van der Waals surface area contributed by atoms with Gasteiger partial charge in [-0.15, -0.1) is 0 Å². The standard InChI is InChI=1S/C21H25N3O2/c1-16-10-12-17(13-11-16)15-24-14-6-5-9-19(20(24)25)23-21(26)22-18-7-3-2-4-8-18/h2-4,7-8,10-13,19H,5-6,9,14-15H2,1H3,(H2,22,23,26). The summed E-state index contributed by atoms with van der Waals surface area (Å²) in [6, 6.07) is 16.6. The molecule has 1 heterocycles. The number of para-hydroxylation sites is 1. The van der Waals surface area contributed by atoms with Crippen LogP contribution in [0.1, 0.15) is 30.4 Å². The van der Waals surface area contributed by atoms with E-state index < -0.39 is 6.04 Å². The average molecular weight is 351 g/mol. The highest BCUT2D eigenvalue weighted by atomic mass is 16.2. The van der Waals surface area contributed by atoms with Gasteiger partial charge in [-0.1, -0.05) is 48.0 Å². The van der Waals surface area contributed by atoms with E-state index in [9.17, 15) is 9.59 Å². The minimum Gasteiger partial charge on any atom is -0.337 e. The Hall–Kier alpha value is -2.82. The summed E-state index contributed by atoms with van der Waals surface area (Å²) in [7, 11) is 0. The van der Waals surface area contributed by atoms with Gasteiger partial charge in [-0.25, -0.2) is 4.79 Å². The zero-order valence-electron chi connectivity index (χ0n) is 15.1. The van der Waals surface area contributed by atoms with E-state index in [1.54, 1.807) is 0 Å². The first-order chi connectivity index (χ1) is 12.6. The van der Waals surface area contributed by atoms with Crippen LogP contribution >= 0.6 is 0 Å². The molecule has 0 aliphatic carbocycles. The summed E-state index contributed by atoms with van der Waals surface area (Å²) in [5, 5.41) is 5.62. The summed E-state index contributed by atoms with van der Waals surface area (Å²) in [4.78, 5) is 27.0. The van der Waals surface area contributed by atoms with Crippen molar-refractivity contribution in [2.45, 2.75) is 38.8 Å². The first kappa shape index (κ1) is 18.0. The minimum atomic E-state index is -0.480. The molecule has 5 nitrogen and oxygen atoms in total. The third-order valence-corrected chi connectivity index (χ3v) is 4.61. The van der Waals surface area contributed by atoms with Gasteiger partial charge >= 0.3 is 6.03 Å². The van der Waals surface area contributed by atoms with Crippen LogP contribution in [-0.2, 0) is 11.3 Å². The van der Waals surface area contributed by atoms with Crippen LogP contribution in [0, 0.1) is 6.92 Å². The van der Waals surface area contributed by atoms with Gasteiger partial charge in [0.1, 0.15) is 6.04 Å². The lowest BCUT2D eigenvalue weighted by molar-refractivity contribution is -0.133. The summed E-state index contributed by atoms with van der Waals surface area (Å²) < 4.78 is 0. The van der Waals surface area contributed by atoms with Crippen molar-refractivity contribution in [1.29, 1.82) is 0 Å². The van der Waals surface area contributed by atoms with E-state index in [-0.39, 0.29) is 11.9 Å². The summed E-state index contributed by atoms with van der Waals surface area (Å²) in [6.45, 7) is 3.36. The molecule has 26 heavy (non-hydrogen) atoms. The lowest BCUT2D eigenvalue weighted by Gasteiger charge is -2.25. The Morgan fingerprint density at radius 2 is 1.81 bits per heavy atom. The topological polar surface area (TPSA) is 61.4 Å². The van der Waals surface area contributed by atoms with Gasteiger partial charge in [0.15, 0.2) is 0 Å². The molecular formula is C21H25N3O2. The number of hydrogen-bond acceptors (Lipinski definition) is 2. The summed E-state index contributed by atoms with van der Waals surface area (Å²) >= 11 is 0. The largest absolute Gasteiger partial charge is 0.337 e. The second kappa shape index (κ2) is 8.52. The van der Waals surface area contributed by atoms with Crippen molar-refractivity contribution >= 4 is 17.6 Å². The molecule has 1 fully saturated rings. The number of aryl methyl sites for hydroxylation is 1. The van der Waals surface area contributed by atoms with Crippen molar-refractivity contribution in [3.8, 4) is 0 Å². The monoisotopic (exact) mass is 351 g/mol. The molecule has 3 rings (SSSR count). The van der Waals surface area contributed by atoms with Crippen molar-refractivity contribution in [2.75, 3.05) is 11.9 Å². The molecule has 136 valence electrons. The highest BCUT2D eigenvalue weighted by molar-refractivity contribution is 5.93. The SMILES string of the molecule is Cc1ccc(CN2CCCCC(NC(=O)Nc3ccccc3)C2=O)cc1. The smallest absolute Gasteiger partial charge is 0.319 e. The Morgan fingerprint density at radius 3 is 2.54 bits per heavy atom. The highest BCUT2D eigenvalue weighted by Crippen LogP contribution is 2.16. The van der Waals surface area contributed by atoms with E-state index in [4.69, 9.17) is 0 Å². The number of likely N-dealkylation sites (tertiary alicyclic amines) is 1. The second-order valence-electron chi connectivity index (χ2n) is 6.76. The highest BCUT2D eigenvalue weighted by Gasteiger charge is 2.28. The van der Waals surface area contributed by atoms with Crippen LogP contribution in [0.15, 0.2) is 54.6 Å². The molecule has 0 bridgehead atoms. The number of hydrogen-bond donors (Lipinski definition) is 2. The first-order valence-electron chi connectivity index (χ1n) is 9.09. The van der Waals surface area contributed by atoms with Gasteiger partial charge in [-0.2, -0.15) is 0 Å². The lowest BCUT2D eigenvalue weighted by atomic mass is 10.1. The summed E-state index contributed by atoms with van der Waals surface area (Å²) in [5.41, 5.74) is 3.02. The fourth-order valence-electron chi connectivity index (χ4n) is 3.16. The second-order valence-corrected chi connectivity index (χ2v) is 6.76. The molecule has 0 saturated carbocycles. The Kier molecular flexibility index (Phi) is 5.89. The Morgan fingerprint density at radius 1 is 1.08 bits per heavy atom. The fourth-order valence-corrected chi connectivity index (χ4v) is 3.16. The molecular weight excluding hydrogens is 326 g/mol. The van der Waals surface area contributed by atoms with Crippen LogP contribution in [0.25, 0.3) is 0 Å². The average Bonchev–Trinajstić information content (AvgIpc) is 2.80. The van der Waals surface area contributed by atoms with E-state index in [0.717, 1.165) is 24.9 Å². The van der Waals surface area contributed by atoms with Crippen molar-refractivity contribution in [3.63, 3.8) is 0 Å². The predicted molar refractivity (Wildman–Crippen MR) is 103 cm³/mol. The zero-order chi connectivity index (χ0) is 18.4. The maximum Gasteiger partial charge on any atom is 0.319 e. The molecule has 5 heteroatoms. The number of benzene rings is 2. The van der Waals surface area contributed by atoms with Crippen LogP contribution < -0.4 is 10.6 Å². The summed E-state index contributed by atoms with van der Waals surface area (Å²) in [6.07, 6.45) is 2.55. The number of anilines is 1. The molecule has 1 aliphatic rings. The van der Waals surface area contributed by atoms with Gasteiger partial charge in [-0.3, -0.25) is 4.79 Å². The van der Waals surface area contributed by atoms with E-state index in [0.29, 0.717) is 18.7 Å². The van der Waals surface area contributed by atoms with Crippen molar-refractivity contribution in [2.24, 2.45) is 0 Å². The molecule has 3 amide bonds. The number of amides is 3. The van der Waals surface area contributed by atoms with Crippen LogP contribution in [0.5, 0.6) is 0 Å². The van der Waals surface area contributed by atoms with E-state index in [2.05, 4.69) is 34.9 Å². The van der Waals surface area contributed by atoms with E-state index in [1.165, 1.54) is 5.56 Å². The third kappa shape index (κ3) is 4.85. The number of nitrogens with zero attached hydrogens (tertiary/aromatic N) is 1. The van der Waals surface area contributed by atoms with Crippen LogP contribution in [0.2, 0.25) is 0 Å². The summed E-state index contributed by atoms with van der Waals surface area (Å²) in [5.74, 6) is -0.00807. The molecule has 0 radical (unpaired) electrons. The number of rotatable bonds is 4. The number of carbonyl (C=O) groups is 2. The van der Waals surface area contributed by atoms with Gasteiger partial charge in [0.2, 0.25) is 5.91 Å². The molecule has 2 N–H and O–H groups in total. The van der Waals surface area contributed by atoms with E-state index >= 15 is 0 Å². The van der Waals surface area contributed by atoms with E-state index in [1.807, 2.05) is 42.2 Å². The predicted octanol–water partition coefficient (Wildman–Crippen LogP) is 3.70. The van der Waals surface area contributed by atoms with Gasteiger partial charge in [0.05, 0.1) is 0 Å². The molecule has 0 aromatic heterocycles. The van der Waals surface area contributed by atoms with Gasteiger partial charge < -0.3 is 15.5 Å². The van der Waals surface area contributed by atoms with Crippen LogP contribution in [0.3, 0.4) is 0 Å². The molecule has 1 saturated heterocycles. The maximum absolute atomic E-state index is 12.9. The molecule has 2 aromatic carbocycles. The van der Waals surface area contributed by atoms with Gasteiger partial charge in [0.25, 0.3) is 0 Å². The van der Waals surface area contributed by atoms with Gasteiger partial charge in [0, 0.05) is 18.8 Å². The van der Waals surface area contributed by atoms with Crippen molar-refractivity contribution in [1.82, 2.24) is 10.2 Å². The molecule has 0 spiro atoms. The quantitative estimate of drug-likeness (QED) is 0.882. The maximum atomic E-state index is 12.9. The molecule has 1 aliphatic heterocycles. The zero-order valence-corrected chi connectivity index (χ0v) is 15.1. The molecule has 2 aromatic rings. The molecule has 1 atom stereocenters. The first-order valence-corrected chi connectivity index (χ1v) is 9.09. The van der Waals surface area contributed by atoms with Crippen LogP contribution in [-0.4, -0.2) is 29.4 Å². The number of urea groups is 1. The van der Waals surface area contributed by atoms with Crippen molar-refractivity contribution < 1.29 is 9.59 Å². The molecule has 1 unspecified atom stereocenters. The lowest BCUT2D eigenvalue weighted by Crippen LogP contribution is -2.48. The Bertz CT molecular complexity index is 744. The normalized spacial score (nSPS) is 17.5. The van der Waals surface area contributed by atoms with Crippen molar-refractivity contribution in [3.05, 3.63) is 65.7 Å². The Labute approximate surface area is 154 Å².